The van der Waals surface area contributed by atoms with Crippen molar-refractivity contribution in [2.24, 2.45) is 13.0 Å². The molecule has 17 heavy (non-hydrogen) atoms. The monoisotopic (exact) mass is 237 g/mol. The zero-order chi connectivity index (χ0) is 12.4. The largest absolute Gasteiger partial charge is 0.368 e. The minimum atomic E-state index is -0.372. The molecule has 0 amide bonds. The first kappa shape index (κ1) is 12.0. The molecule has 5 nitrogen and oxygen atoms in total. The van der Waals surface area contributed by atoms with Crippen LogP contribution in [0.1, 0.15) is 32.6 Å². The average molecular weight is 237 g/mol. The molecule has 0 bridgehead atoms. The van der Waals surface area contributed by atoms with Gasteiger partial charge >= 0.3 is 5.69 Å². The molecule has 1 aliphatic rings. The van der Waals surface area contributed by atoms with E-state index in [2.05, 4.69) is 17.2 Å². The van der Waals surface area contributed by atoms with E-state index in [-0.39, 0.29) is 11.2 Å². The van der Waals surface area contributed by atoms with Crippen molar-refractivity contribution in [2.45, 2.75) is 38.6 Å². The predicted molar refractivity (Wildman–Crippen MR) is 67.3 cm³/mol. The maximum Gasteiger partial charge on any atom is 0.329 e. The molecule has 2 N–H and O–H groups in total. The molecule has 0 radical (unpaired) electrons. The highest BCUT2D eigenvalue weighted by molar-refractivity contribution is 5.33. The summed E-state index contributed by atoms with van der Waals surface area (Å²) in [6, 6.07) is 1.80. The average Bonchev–Trinajstić information content (AvgIpc) is 2.29. The number of hydrogen-bond acceptors (Lipinski definition) is 3. The molecule has 1 aliphatic carbocycles. The van der Waals surface area contributed by atoms with Gasteiger partial charge in [0.1, 0.15) is 5.82 Å². The fraction of sp³-hybridized carbons (Fsp3) is 0.667. The number of aromatic nitrogens is 2. The van der Waals surface area contributed by atoms with Crippen LogP contribution in [0.5, 0.6) is 0 Å². The molecule has 2 atom stereocenters. The summed E-state index contributed by atoms with van der Waals surface area (Å²) in [6.07, 6.45) is 4.77. The number of rotatable bonds is 2. The van der Waals surface area contributed by atoms with Crippen LogP contribution in [0.2, 0.25) is 0 Å². The predicted octanol–water partition coefficient (Wildman–Crippen LogP) is 1.06. The van der Waals surface area contributed by atoms with Crippen molar-refractivity contribution < 1.29 is 0 Å². The molecule has 94 valence electrons. The molecule has 0 unspecified atom stereocenters. The standard InChI is InChI=1S/C12H19N3O2/c1-8-5-3-4-6-9(8)13-10-7-11(16)15(2)12(17)14-10/h7-9,13H,3-6H2,1-2H3,(H,14,17)/t8-,9-/m0/s1. The van der Waals surface area contributed by atoms with Crippen molar-refractivity contribution in [2.75, 3.05) is 5.32 Å². The van der Waals surface area contributed by atoms with Crippen molar-refractivity contribution >= 4 is 5.82 Å². The molecule has 1 heterocycles. The van der Waals surface area contributed by atoms with Gasteiger partial charge in [0, 0.05) is 19.2 Å². The van der Waals surface area contributed by atoms with Crippen molar-refractivity contribution in [3.63, 3.8) is 0 Å². The van der Waals surface area contributed by atoms with Gasteiger partial charge in [-0.15, -0.1) is 0 Å². The number of hydrogen-bond donors (Lipinski definition) is 2. The van der Waals surface area contributed by atoms with Gasteiger partial charge in [-0.05, 0) is 18.8 Å². The fourth-order valence-corrected chi connectivity index (χ4v) is 2.36. The van der Waals surface area contributed by atoms with Crippen molar-refractivity contribution in [1.82, 2.24) is 9.55 Å². The van der Waals surface area contributed by atoms with E-state index in [1.54, 1.807) is 0 Å². The Morgan fingerprint density at radius 2 is 2.06 bits per heavy atom. The maximum absolute atomic E-state index is 11.5. The second-order valence-electron chi connectivity index (χ2n) is 4.90. The van der Waals surface area contributed by atoms with Crippen LogP contribution >= 0.6 is 0 Å². The molecule has 1 fully saturated rings. The van der Waals surface area contributed by atoms with Gasteiger partial charge in [0.2, 0.25) is 0 Å². The minimum absolute atomic E-state index is 0.278. The van der Waals surface area contributed by atoms with Gasteiger partial charge in [-0.25, -0.2) is 4.79 Å². The zero-order valence-corrected chi connectivity index (χ0v) is 10.3. The molecular formula is C12H19N3O2. The lowest BCUT2D eigenvalue weighted by Gasteiger charge is -2.30. The summed E-state index contributed by atoms with van der Waals surface area (Å²) in [7, 11) is 1.47. The van der Waals surface area contributed by atoms with Gasteiger partial charge in [0.25, 0.3) is 5.56 Å². The van der Waals surface area contributed by atoms with E-state index in [0.717, 1.165) is 11.0 Å². The number of nitrogens with one attached hydrogen (secondary N) is 2. The van der Waals surface area contributed by atoms with Gasteiger partial charge in [0.05, 0.1) is 0 Å². The van der Waals surface area contributed by atoms with E-state index in [1.807, 2.05) is 0 Å². The fourth-order valence-electron chi connectivity index (χ4n) is 2.36. The third kappa shape index (κ3) is 2.60. The third-order valence-electron chi connectivity index (χ3n) is 3.60. The first-order chi connectivity index (χ1) is 8.08. The normalized spacial score (nSPS) is 24.6. The van der Waals surface area contributed by atoms with Gasteiger partial charge in [-0.3, -0.25) is 14.3 Å². The number of nitrogens with zero attached hydrogens (tertiary/aromatic N) is 1. The topological polar surface area (TPSA) is 66.9 Å². The summed E-state index contributed by atoms with van der Waals surface area (Å²) in [5.41, 5.74) is -0.650. The molecule has 5 heteroatoms. The van der Waals surface area contributed by atoms with Gasteiger partial charge in [0.15, 0.2) is 0 Å². The Hall–Kier alpha value is -1.52. The highest BCUT2D eigenvalue weighted by Crippen LogP contribution is 2.25. The Bertz CT molecular complexity index is 472. The Balaban J connectivity index is 2.18. The molecular weight excluding hydrogens is 218 g/mol. The lowest BCUT2D eigenvalue weighted by Crippen LogP contribution is -2.36. The van der Waals surface area contributed by atoms with Crippen LogP contribution in [-0.4, -0.2) is 15.6 Å². The van der Waals surface area contributed by atoms with Crippen LogP contribution in [0, 0.1) is 5.92 Å². The molecule has 2 rings (SSSR count). The molecule has 0 aliphatic heterocycles. The molecule has 0 spiro atoms. The Labute approximate surface area is 99.9 Å². The summed E-state index contributed by atoms with van der Waals surface area (Å²) in [5.74, 6) is 1.12. The summed E-state index contributed by atoms with van der Waals surface area (Å²) in [6.45, 7) is 2.20. The number of H-pyrrole nitrogens is 1. The van der Waals surface area contributed by atoms with E-state index in [9.17, 15) is 9.59 Å². The summed E-state index contributed by atoms with van der Waals surface area (Å²) >= 11 is 0. The van der Waals surface area contributed by atoms with Crippen LogP contribution in [0.3, 0.4) is 0 Å². The lowest BCUT2D eigenvalue weighted by atomic mass is 9.86. The Morgan fingerprint density at radius 1 is 1.35 bits per heavy atom. The first-order valence-corrected chi connectivity index (χ1v) is 6.15. The van der Waals surface area contributed by atoms with E-state index in [0.29, 0.717) is 17.8 Å². The van der Waals surface area contributed by atoms with Crippen molar-refractivity contribution in [1.29, 1.82) is 0 Å². The molecule has 0 saturated heterocycles. The van der Waals surface area contributed by atoms with Crippen LogP contribution in [0.25, 0.3) is 0 Å². The molecule has 1 aromatic heterocycles. The summed E-state index contributed by atoms with van der Waals surface area (Å²) < 4.78 is 1.06. The highest BCUT2D eigenvalue weighted by Gasteiger charge is 2.21. The SMILES string of the molecule is C[C@H]1CCCC[C@@H]1Nc1cc(=O)n(C)c(=O)[nH]1. The second-order valence-corrected chi connectivity index (χ2v) is 4.90. The lowest BCUT2D eigenvalue weighted by molar-refractivity contribution is 0.349. The van der Waals surface area contributed by atoms with Crippen LogP contribution in [-0.2, 0) is 7.05 Å². The van der Waals surface area contributed by atoms with Crippen molar-refractivity contribution in [3.8, 4) is 0 Å². The van der Waals surface area contributed by atoms with Gasteiger partial charge in [-0.2, -0.15) is 0 Å². The van der Waals surface area contributed by atoms with E-state index < -0.39 is 0 Å². The van der Waals surface area contributed by atoms with E-state index >= 15 is 0 Å². The van der Waals surface area contributed by atoms with Crippen molar-refractivity contribution in [3.05, 3.63) is 26.9 Å². The Morgan fingerprint density at radius 3 is 2.71 bits per heavy atom. The van der Waals surface area contributed by atoms with E-state index in [1.165, 1.54) is 32.4 Å². The van der Waals surface area contributed by atoms with Crippen LogP contribution in [0.4, 0.5) is 5.82 Å². The maximum atomic E-state index is 11.5. The third-order valence-corrected chi connectivity index (χ3v) is 3.60. The first-order valence-electron chi connectivity index (χ1n) is 6.15. The van der Waals surface area contributed by atoms with Gasteiger partial charge < -0.3 is 5.32 Å². The molecule has 0 aromatic carbocycles. The molecule has 1 saturated carbocycles. The van der Waals surface area contributed by atoms with E-state index in [4.69, 9.17) is 0 Å². The summed E-state index contributed by atoms with van der Waals surface area (Å²) in [5, 5.41) is 3.27. The molecule has 1 aromatic rings. The highest BCUT2D eigenvalue weighted by atomic mass is 16.2. The quantitative estimate of drug-likeness (QED) is 0.808. The Kier molecular flexibility index (Phi) is 3.36. The number of aromatic amines is 1. The minimum Gasteiger partial charge on any atom is -0.368 e. The smallest absolute Gasteiger partial charge is 0.329 e. The number of anilines is 1. The van der Waals surface area contributed by atoms with Crippen LogP contribution in [0.15, 0.2) is 15.7 Å². The van der Waals surface area contributed by atoms with Gasteiger partial charge in [-0.1, -0.05) is 19.8 Å². The summed E-state index contributed by atoms with van der Waals surface area (Å²) in [4.78, 5) is 25.6. The zero-order valence-electron chi connectivity index (χ0n) is 10.3. The second kappa shape index (κ2) is 4.77. The van der Waals surface area contributed by atoms with Crippen LogP contribution < -0.4 is 16.6 Å².